The van der Waals surface area contributed by atoms with Crippen LogP contribution in [0.1, 0.15) is 54.3 Å². The first kappa shape index (κ1) is 29.8. The Hall–Kier alpha value is -4.17. The molecule has 1 fully saturated rings. The van der Waals surface area contributed by atoms with Crippen LogP contribution in [0.4, 0.5) is 10.5 Å². The molecular formula is C33H40N4O4. The van der Waals surface area contributed by atoms with Gasteiger partial charge in [-0.2, -0.15) is 0 Å². The number of amides is 4. The standard InChI is InChI=1S/C33H40N4O4/c1-36(21-22-41-2)33(40)37(27-13-7-4-8-14-27)23-24-17-19-25(20-18-24)28-15-9-10-16-29(28)32(39)35-30(31(34)38)26-11-5-3-6-12-26/h3-8,11-14,17-20,28-30H,9-10,15-16,21-23H2,1-2H3,(H2,34,38)(H,35,39). The fraction of sp³-hybridized carbons (Fsp3) is 0.364. The summed E-state index contributed by atoms with van der Waals surface area (Å²) in [5.74, 6) is -0.941. The van der Waals surface area contributed by atoms with Crippen molar-refractivity contribution in [1.82, 2.24) is 10.2 Å². The van der Waals surface area contributed by atoms with Gasteiger partial charge in [-0.15, -0.1) is 0 Å². The normalized spacial score (nSPS) is 17.3. The number of benzene rings is 3. The van der Waals surface area contributed by atoms with E-state index in [1.807, 2.05) is 60.7 Å². The molecule has 1 aliphatic rings. The van der Waals surface area contributed by atoms with E-state index in [2.05, 4.69) is 17.4 Å². The highest BCUT2D eigenvalue weighted by Gasteiger charge is 2.34. The van der Waals surface area contributed by atoms with E-state index in [0.717, 1.165) is 42.5 Å². The van der Waals surface area contributed by atoms with Gasteiger partial charge in [0.15, 0.2) is 0 Å². The van der Waals surface area contributed by atoms with Gasteiger partial charge in [-0.05, 0) is 47.6 Å². The zero-order chi connectivity index (χ0) is 29.2. The predicted octanol–water partition coefficient (Wildman–Crippen LogP) is 5.01. The molecule has 4 amide bonds. The molecule has 0 radical (unpaired) electrons. The SMILES string of the molecule is COCCN(C)C(=O)N(Cc1ccc(C2CCCCC2C(=O)NC(C(N)=O)c2ccccc2)cc1)c1ccccc1. The van der Waals surface area contributed by atoms with Gasteiger partial charge in [-0.25, -0.2) is 4.79 Å². The molecule has 3 atom stereocenters. The van der Waals surface area contributed by atoms with Gasteiger partial charge in [0.1, 0.15) is 6.04 Å². The molecule has 8 heteroatoms. The Morgan fingerprint density at radius 3 is 2.20 bits per heavy atom. The topological polar surface area (TPSA) is 105 Å². The smallest absolute Gasteiger partial charge is 0.324 e. The molecule has 0 bridgehead atoms. The van der Waals surface area contributed by atoms with Crippen LogP contribution in [-0.4, -0.2) is 50.1 Å². The van der Waals surface area contributed by atoms with Crippen LogP contribution < -0.4 is 16.0 Å². The van der Waals surface area contributed by atoms with E-state index in [1.54, 1.807) is 36.1 Å². The van der Waals surface area contributed by atoms with Gasteiger partial charge >= 0.3 is 6.03 Å². The number of hydrogen-bond acceptors (Lipinski definition) is 4. The van der Waals surface area contributed by atoms with E-state index in [9.17, 15) is 14.4 Å². The number of nitrogens with zero attached hydrogens (tertiary/aromatic N) is 2. The number of nitrogens with two attached hydrogens (primary N) is 1. The number of urea groups is 1. The van der Waals surface area contributed by atoms with E-state index in [-0.39, 0.29) is 23.8 Å². The third-order valence-electron chi connectivity index (χ3n) is 7.81. The lowest BCUT2D eigenvalue weighted by Gasteiger charge is -2.32. The summed E-state index contributed by atoms with van der Waals surface area (Å²) in [7, 11) is 3.39. The number of carbonyl (C=O) groups is 3. The van der Waals surface area contributed by atoms with Crippen LogP contribution in [0.3, 0.4) is 0 Å². The van der Waals surface area contributed by atoms with Crippen LogP contribution in [0.25, 0.3) is 0 Å². The fourth-order valence-electron chi connectivity index (χ4n) is 5.52. The first-order valence-electron chi connectivity index (χ1n) is 14.2. The van der Waals surface area contributed by atoms with Crippen LogP contribution in [0.5, 0.6) is 0 Å². The maximum atomic E-state index is 13.5. The Morgan fingerprint density at radius 1 is 0.927 bits per heavy atom. The maximum absolute atomic E-state index is 13.5. The molecule has 4 rings (SSSR count). The molecule has 1 aliphatic carbocycles. The van der Waals surface area contributed by atoms with Gasteiger partial charge in [0.05, 0.1) is 13.2 Å². The number of nitrogens with one attached hydrogen (secondary N) is 1. The molecule has 0 spiro atoms. The van der Waals surface area contributed by atoms with E-state index < -0.39 is 11.9 Å². The molecule has 216 valence electrons. The predicted molar refractivity (Wildman–Crippen MR) is 160 cm³/mol. The number of para-hydroxylation sites is 1. The summed E-state index contributed by atoms with van der Waals surface area (Å²) in [6.45, 7) is 1.36. The molecule has 41 heavy (non-hydrogen) atoms. The van der Waals surface area contributed by atoms with Crippen molar-refractivity contribution in [3.63, 3.8) is 0 Å². The molecular weight excluding hydrogens is 516 g/mol. The highest BCUT2D eigenvalue weighted by atomic mass is 16.5. The van der Waals surface area contributed by atoms with Gasteiger partial charge in [-0.1, -0.05) is 85.6 Å². The Bertz CT molecular complexity index is 1280. The lowest BCUT2D eigenvalue weighted by molar-refractivity contribution is -0.131. The average Bonchev–Trinajstić information content (AvgIpc) is 3.01. The molecule has 1 saturated carbocycles. The van der Waals surface area contributed by atoms with Crippen molar-refractivity contribution in [3.8, 4) is 0 Å². The van der Waals surface area contributed by atoms with Crippen molar-refractivity contribution < 1.29 is 19.1 Å². The zero-order valence-electron chi connectivity index (χ0n) is 23.9. The van der Waals surface area contributed by atoms with Crippen LogP contribution in [0.2, 0.25) is 0 Å². The second-order valence-electron chi connectivity index (χ2n) is 10.6. The first-order chi connectivity index (χ1) is 19.9. The summed E-state index contributed by atoms with van der Waals surface area (Å²) in [5.41, 5.74) is 9.23. The summed E-state index contributed by atoms with van der Waals surface area (Å²) in [5, 5.41) is 2.92. The number of primary amides is 1. The van der Waals surface area contributed by atoms with E-state index in [1.165, 1.54) is 0 Å². The van der Waals surface area contributed by atoms with Crippen LogP contribution >= 0.6 is 0 Å². The number of anilines is 1. The van der Waals surface area contributed by atoms with Gasteiger partial charge in [0.25, 0.3) is 0 Å². The monoisotopic (exact) mass is 556 g/mol. The quantitative estimate of drug-likeness (QED) is 0.346. The average molecular weight is 557 g/mol. The molecule has 3 aromatic rings. The van der Waals surface area contributed by atoms with Crippen molar-refractivity contribution >= 4 is 23.5 Å². The number of rotatable bonds is 11. The molecule has 0 aliphatic heterocycles. The number of hydrogen-bond donors (Lipinski definition) is 2. The Morgan fingerprint density at radius 2 is 1.56 bits per heavy atom. The second-order valence-corrected chi connectivity index (χ2v) is 10.6. The van der Waals surface area contributed by atoms with Gasteiger partial charge < -0.3 is 20.7 Å². The molecule has 3 aromatic carbocycles. The molecule has 0 saturated heterocycles. The van der Waals surface area contributed by atoms with Crippen molar-refractivity contribution in [3.05, 3.63) is 102 Å². The summed E-state index contributed by atoms with van der Waals surface area (Å²) in [4.78, 5) is 42.4. The second kappa shape index (κ2) is 14.5. The first-order valence-corrected chi connectivity index (χ1v) is 14.2. The Labute approximate surface area is 242 Å². The van der Waals surface area contributed by atoms with Crippen LogP contribution in [0, 0.1) is 5.92 Å². The highest BCUT2D eigenvalue weighted by molar-refractivity contribution is 5.92. The van der Waals surface area contributed by atoms with Crippen molar-refractivity contribution in [2.75, 3.05) is 32.2 Å². The van der Waals surface area contributed by atoms with Crippen molar-refractivity contribution in [2.24, 2.45) is 11.7 Å². The third kappa shape index (κ3) is 7.73. The minimum atomic E-state index is -0.864. The molecule has 0 heterocycles. The minimum Gasteiger partial charge on any atom is -0.383 e. The van der Waals surface area contributed by atoms with Crippen LogP contribution in [0.15, 0.2) is 84.9 Å². The van der Waals surface area contributed by atoms with Gasteiger partial charge in [0, 0.05) is 32.3 Å². The lowest BCUT2D eigenvalue weighted by atomic mass is 9.74. The minimum absolute atomic E-state index is 0.0362. The molecule has 3 N–H and O–H groups in total. The van der Waals surface area contributed by atoms with E-state index in [4.69, 9.17) is 10.5 Å². The molecule has 0 aromatic heterocycles. The number of methoxy groups -OCH3 is 1. The van der Waals surface area contributed by atoms with Gasteiger partial charge in [0.2, 0.25) is 11.8 Å². The third-order valence-corrected chi connectivity index (χ3v) is 7.81. The van der Waals surface area contributed by atoms with E-state index in [0.29, 0.717) is 25.3 Å². The van der Waals surface area contributed by atoms with E-state index >= 15 is 0 Å². The number of carbonyl (C=O) groups excluding carboxylic acids is 3. The highest BCUT2D eigenvalue weighted by Crippen LogP contribution is 2.38. The van der Waals surface area contributed by atoms with Gasteiger partial charge in [-0.3, -0.25) is 14.5 Å². The van der Waals surface area contributed by atoms with Crippen LogP contribution in [-0.2, 0) is 20.9 Å². The zero-order valence-corrected chi connectivity index (χ0v) is 23.9. The number of likely N-dealkylation sites (N-methyl/N-ethyl adjacent to an activating group) is 1. The summed E-state index contributed by atoms with van der Waals surface area (Å²) in [6, 6.07) is 26.0. The molecule has 8 nitrogen and oxygen atoms in total. The summed E-state index contributed by atoms with van der Waals surface area (Å²) >= 11 is 0. The number of ether oxygens (including phenoxy) is 1. The molecule has 3 unspecified atom stereocenters. The summed E-state index contributed by atoms with van der Waals surface area (Å²) in [6.07, 6.45) is 3.65. The Balaban J connectivity index is 1.50. The fourth-order valence-corrected chi connectivity index (χ4v) is 5.52. The lowest BCUT2D eigenvalue weighted by Crippen LogP contribution is -2.42. The largest absolute Gasteiger partial charge is 0.383 e. The van der Waals surface area contributed by atoms with Crippen molar-refractivity contribution in [2.45, 2.75) is 44.2 Å². The summed E-state index contributed by atoms with van der Waals surface area (Å²) < 4.78 is 5.15. The van der Waals surface area contributed by atoms with Crippen molar-refractivity contribution in [1.29, 1.82) is 0 Å². The Kier molecular flexibility index (Phi) is 10.5. The maximum Gasteiger partial charge on any atom is 0.324 e.